The van der Waals surface area contributed by atoms with E-state index in [0.29, 0.717) is 6.04 Å². The summed E-state index contributed by atoms with van der Waals surface area (Å²) >= 11 is 0. The van der Waals surface area contributed by atoms with Gasteiger partial charge in [0.15, 0.2) is 0 Å². The Balaban J connectivity index is 2.22. The van der Waals surface area contributed by atoms with Crippen molar-refractivity contribution in [2.75, 3.05) is 23.8 Å². The second kappa shape index (κ2) is 6.03. The number of nitrogens with zero attached hydrogens (tertiary/aromatic N) is 3. The molecule has 4 nitrogen and oxygen atoms in total. The van der Waals surface area contributed by atoms with E-state index in [1.54, 1.807) is 6.33 Å². The van der Waals surface area contributed by atoms with Gasteiger partial charge in [0, 0.05) is 25.2 Å². The molecule has 4 heteroatoms. The lowest BCUT2D eigenvalue weighted by molar-refractivity contribution is 0.398. The molecular formula is C14H24N4. The monoisotopic (exact) mass is 248 g/mol. The number of rotatable bonds is 6. The summed E-state index contributed by atoms with van der Waals surface area (Å²) in [5.41, 5.74) is 1.25. The average molecular weight is 248 g/mol. The van der Waals surface area contributed by atoms with Crippen molar-refractivity contribution in [1.82, 2.24) is 9.97 Å². The second-order valence-corrected chi connectivity index (χ2v) is 5.00. The molecule has 0 amide bonds. The fourth-order valence-electron chi connectivity index (χ4n) is 2.38. The van der Waals surface area contributed by atoms with E-state index < -0.39 is 0 Å². The minimum atomic E-state index is 0.671. The highest BCUT2D eigenvalue weighted by Gasteiger charge is 2.25. The Morgan fingerprint density at radius 2 is 2.11 bits per heavy atom. The Bertz CT molecular complexity index is 387. The molecule has 0 spiro atoms. The number of hydrogen-bond acceptors (Lipinski definition) is 4. The van der Waals surface area contributed by atoms with Gasteiger partial charge in [0.1, 0.15) is 18.0 Å². The number of aromatic nitrogens is 2. The first-order valence-corrected chi connectivity index (χ1v) is 7.08. The van der Waals surface area contributed by atoms with E-state index >= 15 is 0 Å². The molecule has 1 N–H and O–H groups in total. The predicted octanol–water partition coefficient (Wildman–Crippen LogP) is 2.85. The van der Waals surface area contributed by atoms with Crippen molar-refractivity contribution < 1.29 is 0 Å². The maximum Gasteiger partial charge on any atom is 0.137 e. The van der Waals surface area contributed by atoms with Gasteiger partial charge in [-0.25, -0.2) is 9.97 Å². The van der Waals surface area contributed by atoms with Crippen LogP contribution in [0.15, 0.2) is 6.33 Å². The molecule has 1 saturated carbocycles. The topological polar surface area (TPSA) is 41.1 Å². The molecule has 0 radical (unpaired) electrons. The lowest BCUT2D eigenvalue weighted by Crippen LogP contribution is -2.38. The van der Waals surface area contributed by atoms with Gasteiger partial charge in [0.25, 0.3) is 0 Å². The minimum Gasteiger partial charge on any atom is -0.370 e. The van der Waals surface area contributed by atoms with Crippen LogP contribution in [0.5, 0.6) is 0 Å². The van der Waals surface area contributed by atoms with Gasteiger partial charge in [0.2, 0.25) is 0 Å². The van der Waals surface area contributed by atoms with E-state index in [1.165, 1.54) is 24.8 Å². The summed E-state index contributed by atoms with van der Waals surface area (Å²) in [4.78, 5) is 11.2. The molecular weight excluding hydrogens is 224 g/mol. The average Bonchev–Trinajstić information content (AvgIpc) is 2.33. The Morgan fingerprint density at radius 3 is 2.67 bits per heavy atom. The molecule has 1 heterocycles. The van der Waals surface area contributed by atoms with Gasteiger partial charge in [-0.15, -0.1) is 0 Å². The van der Waals surface area contributed by atoms with E-state index in [9.17, 15) is 0 Å². The van der Waals surface area contributed by atoms with Crippen LogP contribution >= 0.6 is 0 Å². The molecule has 1 aliphatic rings. The van der Waals surface area contributed by atoms with Gasteiger partial charge in [-0.05, 0) is 32.1 Å². The van der Waals surface area contributed by atoms with Crippen LogP contribution in [0, 0.1) is 0 Å². The summed E-state index contributed by atoms with van der Waals surface area (Å²) in [6, 6.07) is 0.671. The molecule has 1 aliphatic carbocycles. The molecule has 100 valence electrons. The van der Waals surface area contributed by atoms with E-state index in [2.05, 4.69) is 41.1 Å². The molecule has 1 fully saturated rings. The first kappa shape index (κ1) is 13.1. The van der Waals surface area contributed by atoms with Crippen LogP contribution in [-0.2, 0) is 6.42 Å². The van der Waals surface area contributed by atoms with E-state index in [0.717, 1.165) is 31.0 Å². The van der Waals surface area contributed by atoms with Crippen molar-refractivity contribution in [1.29, 1.82) is 0 Å². The molecule has 0 unspecified atom stereocenters. The van der Waals surface area contributed by atoms with Gasteiger partial charge in [0.05, 0.1) is 0 Å². The third-order valence-electron chi connectivity index (χ3n) is 3.78. The number of hydrogen-bond donors (Lipinski definition) is 1. The molecule has 0 atom stereocenters. The largest absolute Gasteiger partial charge is 0.370 e. The van der Waals surface area contributed by atoms with Crippen LogP contribution in [-0.4, -0.2) is 29.6 Å². The smallest absolute Gasteiger partial charge is 0.137 e. The normalized spacial score (nSPS) is 15.3. The lowest BCUT2D eigenvalue weighted by atomic mass is 9.91. The second-order valence-electron chi connectivity index (χ2n) is 5.00. The summed E-state index contributed by atoms with van der Waals surface area (Å²) in [7, 11) is 2.16. The Hall–Kier alpha value is -1.32. The molecule has 0 saturated heterocycles. The molecule has 2 rings (SSSR count). The van der Waals surface area contributed by atoms with Crippen LogP contribution in [0.3, 0.4) is 0 Å². The van der Waals surface area contributed by atoms with Crippen LogP contribution in [0.1, 0.15) is 45.1 Å². The maximum absolute atomic E-state index is 4.50. The Kier molecular flexibility index (Phi) is 4.39. The zero-order valence-corrected chi connectivity index (χ0v) is 11.7. The molecule has 0 aliphatic heterocycles. The van der Waals surface area contributed by atoms with Gasteiger partial charge < -0.3 is 10.2 Å². The lowest BCUT2D eigenvalue weighted by Gasteiger charge is -2.36. The quantitative estimate of drug-likeness (QED) is 0.840. The first-order chi connectivity index (χ1) is 8.77. The van der Waals surface area contributed by atoms with Crippen molar-refractivity contribution in [2.45, 2.75) is 52.0 Å². The van der Waals surface area contributed by atoms with Crippen molar-refractivity contribution in [2.24, 2.45) is 0 Å². The van der Waals surface area contributed by atoms with E-state index in [4.69, 9.17) is 0 Å². The highest BCUT2D eigenvalue weighted by Crippen LogP contribution is 2.31. The van der Waals surface area contributed by atoms with Gasteiger partial charge in [-0.2, -0.15) is 0 Å². The van der Waals surface area contributed by atoms with Gasteiger partial charge in [-0.3, -0.25) is 0 Å². The number of anilines is 2. The van der Waals surface area contributed by atoms with Gasteiger partial charge >= 0.3 is 0 Å². The van der Waals surface area contributed by atoms with Crippen molar-refractivity contribution in [3.63, 3.8) is 0 Å². The van der Waals surface area contributed by atoms with Crippen molar-refractivity contribution >= 4 is 11.6 Å². The van der Waals surface area contributed by atoms with Crippen molar-refractivity contribution in [3.05, 3.63) is 11.9 Å². The Morgan fingerprint density at radius 1 is 1.33 bits per heavy atom. The number of nitrogens with one attached hydrogen (secondary N) is 1. The fourth-order valence-corrected chi connectivity index (χ4v) is 2.38. The zero-order valence-electron chi connectivity index (χ0n) is 11.7. The molecule has 18 heavy (non-hydrogen) atoms. The van der Waals surface area contributed by atoms with E-state index in [1.807, 2.05) is 0 Å². The van der Waals surface area contributed by atoms with Crippen LogP contribution < -0.4 is 10.2 Å². The first-order valence-electron chi connectivity index (χ1n) is 7.08. The molecule has 1 aromatic heterocycles. The molecule has 1 aromatic rings. The summed E-state index contributed by atoms with van der Waals surface area (Å²) in [6.45, 7) is 5.31. The van der Waals surface area contributed by atoms with Crippen LogP contribution in [0.2, 0.25) is 0 Å². The standard InChI is InChI=1S/C14H24N4/c1-4-9-15-13-12(5-2)14(17-10-16-13)18(3)11-7-6-8-11/h10-11H,4-9H2,1-3H3,(H,15,16,17). The molecule has 0 aromatic carbocycles. The minimum absolute atomic E-state index is 0.671. The Labute approximate surface area is 110 Å². The summed E-state index contributed by atoms with van der Waals surface area (Å²) < 4.78 is 0. The summed E-state index contributed by atoms with van der Waals surface area (Å²) in [5.74, 6) is 2.12. The SMILES string of the molecule is CCCNc1ncnc(N(C)C2CCC2)c1CC. The zero-order chi connectivity index (χ0) is 13.0. The highest BCUT2D eigenvalue weighted by molar-refractivity contribution is 5.59. The summed E-state index contributed by atoms with van der Waals surface area (Å²) in [5, 5.41) is 3.41. The van der Waals surface area contributed by atoms with E-state index in [-0.39, 0.29) is 0 Å². The van der Waals surface area contributed by atoms with Gasteiger partial charge in [-0.1, -0.05) is 13.8 Å². The third kappa shape index (κ3) is 2.57. The van der Waals surface area contributed by atoms with Crippen LogP contribution in [0.25, 0.3) is 0 Å². The summed E-state index contributed by atoms with van der Waals surface area (Å²) in [6.07, 6.45) is 7.70. The maximum atomic E-state index is 4.50. The molecule has 0 bridgehead atoms. The fraction of sp³-hybridized carbons (Fsp3) is 0.714. The highest BCUT2D eigenvalue weighted by atomic mass is 15.2. The third-order valence-corrected chi connectivity index (χ3v) is 3.78. The van der Waals surface area contributed by atoms with Crippen molar-refractivity contribution in [3.8, 4) is 0 Å². The van der Waals surface area contributed by atoms with Crippen LogP contribution in [0.4, 0.5) is 11.6 Å². The predicted molar refractivity (Wildman–Crippen MR) is 76.2 cm³/mol.